The van der Waals surface area contributed by atoms with Gasteiger partial charge in [-0.05, 0) is 32.1 Å². The molecule has 0 aromatic carbocycles. The highest BCUT2D eigenvalue weighted by atomic mass is 16.5. The number of imidazole rings is 1. The van der Waals surface area contributed by atoms with Crippen LogP contribution in [0.3, 0.4) is 0 Å². The molecule has 5 nitrogen and oxygen atoms in total. The Morgan fingerprint density at radius 2 is 2.16 bits per heavy atom. The van der Waals surface area contributed by atoms with Crippen molar-refractivity contribution in [1.82, 2.24) is 14.5 Å². The first-order chi connectivity index (χ1) is 9.10. The smallest absolute Gasteiger partial charge is 0.330 e. The molecule has 2 aromatic heterocycles. The molecular formula is C14H15N3O2. The minimum absolute atomic E-state index is 0.395. The van der Waals surface area contributed by atoms with Crippen molar-refractivity contribution in [3.05, 3.63) is 47.8 Å². The molecule has 0 bridgehead atoms. The minimum atomic E-state index is -0.395. The van der Waals surface area contributed by atoms with Crippen LogP contribution < -0.4 is 0 Å². The SMILES string of the molecule is COC(=O)C=Cc1ccc(-n2cnc(C)c2)c(C)n1. The van der Waals surface area contributed by atoms with E-state index in [0.29, 0.717) is 5.69 Å². The summed E-state index contributed by atoms with van der Waals surface area (Å²) in [6.07, 6.45) is 6.67. The fourth-order valence-corrected chi connectivity index (χ4v) is 1.71. The van der Waals surface area contributed by atoms with Crippen molar-refractivity contribution >= 4 is 12.0 Å². The Bertz CT molecular complexity index is 629. The molecule has 2 aromatic rings. The van der Waals surface area contributed by atoms with E-state index in [0.717, 1.165) is 17.1 Å². The van der Waals surface area contributed by atoms with Crippen molar-refractivity contribution in [1.29, 1.82) is 0 Å². The molecule has 2 heterocycles. The number of aromatic nitrogens is 3. The number of methoxy groups -OCH3 is 1. The van der Waals surface area contributed by atoms with E-state index in [4.69, 9.17) is 0 Å². The van der Waals surface area contributed by atoms with Gasteiger partial charge >= 0.3 is 5.97 Å². The van der Waals surface area contributed by atoms with E-state index in [-0.39, 0.29) is 0 Å². The average molecular weight is 257 g/mol. The topological polar surface area (TPSA) is 57.0 Å². The lowest BCUT2D eigenvalue weighted by atomic mass is 10.2. The summed E-state index contributed by atoms with van der Waals surface area (Å²) >= 11 is 0. The van der Waals surface area contributed by atoms with Crippen LogP contribution in [-0.2, 0) is 9.53 Å². The first-order valence-electron chi connectivity index (χ1n) is 5.85. The van der Waals surface area contributed by atoms with Crippen molar-refractivity contribution in [2.75, 3.05) is 7.11 Å². The van der Waals surface area contributed by atoms with Gasteiger partial charge in [-0.1, -0.05) is 0 Å². The first kappa shape index (κ1) is 13.0. The van der Waals surface area contributed by atoms with Crippen LogP contribution in [0.2, 0.25) is 0 Å². The van der Waals surface area contributed by atoms with Crippen molar-refractivity contribution in [2.24, 2.45) is 0 Å². The van der Waals surface area contributed by atoms with E-state index in [1.807, 2.05) is 36.7 Å². The number of esters is 1. The third-order valence-electron chi connectivity index (χ3n) is 2.66. The van der Waals surface area contributed by atoms with Gasteiger partial charge in [-0.2, -0.15) is 0 Å². The quantitative estimate of drug-likeness (QED) is 0.624. The van der Waals surface area contributed by atoms with Crippen LogP contribution in [0.4, 0.5) is 0 Å². The van der Waals surface area contributed by atoms with Crippen molar-refractivity contribution in [3.8, 4) is 5.69 Å². The van der Waals surface area contributed by atoms with Crippen molar-refractivity contribution in [3.63, 3.8) is 0 Å². The molecule has 0 saturated carbocycles. The molecule has 0 amide bonds. The number of hydrogen-bond donors (Lipinski definition) is 0. The van der Waals surface area contributed by atoms with E-state index in [1.165, 1.54) is 13.2 Å². The Morgan fingerprint density at radius 1 is 1.37 bits per heavy atom. The number of rotatable bonds is 3. The van der Waals surface area contributed by atoms with Crippen LogP contribution >= 0.6 is 0 Å². The van der Waals surface area contributed by atoms with Gasteiger partial charge in [0, 0.05) is 12.3 Å². The van der Waals surface area contributed by atoms with Gasteiger partial charge in [0.1, 0.15) is 0 Å². The molecule has 0 aliphatic carbocycles. The Morgan fingerprint density at radius 3 is 2.74 bits per heavy atom. The summed E-state index contributed by atoms with van der Waals surface area (Å²) in [4.78, 5) is 19.6. The molecule has 0 atom stereocenters. The Kier molecular flexibility index (Phi) is 3.75. The number of nitrogens with zero attached hydrogens (tertiary/aromatic N) is 3. The molecule has 98 valence electrons. The summed E-state index contributed by atoms with van der Waals surface area (Å²) in [6, 6.07) is 3.79. The highest BCUT2D eigenvalue weighted by molar-refractivity contribution is 5.86. The van der Waals surface area contributed by atoms with Gasteiger partial charge in [-0.15, -0.1) is 0 Å². The highest BCUT2D eigenvalue weighted by Gasteiger charge is 2.03. The molecule has 0 saturated heterocycles. The Labute approximate surface area is 111 Å². The molecule has 2 rings (SSSR count). The zero-order chi connectivity index (χ0) is 13.8. The molecule has 0 radical (unpaired) electrons. The number of pyridine rings is 1. The maximum absolute atomic E-state index is 11.0. The molecule has 0 spiro atoms. The van der Waals surface area contributed by atoms with Gasteiger partial charge in [0.25, 0.3) is 0 Å². The predicted molar refractivity (Wildman–Crippen MR) is 71.9 cm³/mol. The van der Waals surface area contributed by atoms with Crippen LogP contribution in [0, 0.1) is 13.8 Å². The molecule has 0 aliphatic rings. The second-order valence-corrected chi connectivity index (χ2v) is 4.12. The number of hydrogen-bond acceptors (Lipinski definition) is 4. The van der Waals surface area contributed by atoms with Crippen LogP contribution in [0.5, 0.6) is 0 Å². The van der Waals surface area contributed by atoms with Crippen molar-refractivity contribution in [2.45, 2.75) is 13.8 Å². The van der Waals surface area contributed by atoms with Crippen LogP contribution in [0.1, 0.15) is 17.1 Å². The van der Waals surface area contributed by atoms with E-state index >= 15 is 0 Å². The van der Waals surface area contributed by atoms with E-state index in [9.17, 15) is 4.79 Å². The fraction of sp³-hybridized carbons (Fsp3) is 0.214. The summed E-state index contributed by atoms with van der Waals surface area (Å²) in [7, 11) is 1.34. The largest absolute Gasteiger partial charge is 0.466 e. The Balaban J connectivity index is 2.27. The van der Waals surface area contributed by atoms with Gasteiger partial charge in [-0.3, -0.25) is 4.98 Å². The third-order valence-corrected chi connectivity index (χ3v) is 2.66. The third kappa shape index (κ3) is 3.07. The molecule has 0 fully saturated rings. The van der Waals surface area contributed by atoms with E-state index in [1.54, 1.807) is 12.4 Å². The van der Waals surface area contributed by atoms with Crippen LogP contribution in [0.25, 0.3) is 11.8 Å². The minimum Gasteiger partial charge on any atom is -0.466 e. The summed E-state index contributed by atoms with van der Waals surface area (Å²) in [5.41, 5.74) is 3.50. The van der Waals surface area contributed by atoms with Gasteiger partial charge in [0.05, 0.1) is 36.2 Å². The summed E-state index contributed by atoms with van der Waals surface area (Å²) in [6.45, 7) is 3.85. The normalized spacial score (nSPS) is 10.9. The molecular weight excluding hydrogens is 242 g/mol. The number of ether oxygens (including phenoxy) is 1. The maximum Gasteiger partial charge on any atom is 0.330 e. The lowest BCUT2D eigenvalue weighted by molar-refractivity contribution is -0.134. The second-order valence-electron chi connectivity index (χ2n) is 4.12. The predicted octanol–water partition coefficient (Wildman–Crippen LogP) is 2.07. The summed E-state index contributed by atoms with van der Waals surface area (Å²) < 4.78 is 6.45. The standard InChI is InChI=1S/C14H15N3O2/c1-10-8-17(9-15-10)13-6-4-12(16-11(13)2)5-7-14(18)19-3/h4-9H,1-3H3. The van der Waals surface area contributed by atoms with Crippen LogP contribution in [0.15, 0.2) is 30.7 Å². The number of aryl methyl sites for hydroxylation is 2. The molecule has 0 unspecified atom stereocenters. The van der Waals surface area contributed by atoms with Crippen molar-refractivity contribution < 1.29 is 9.53 Å². The lowest BCUT2D eigenvalue weighted by Crippen LogP contribution is -1.98. The second kappa shape index (κ2) is 5.48. The molecule has 0 aliphatic heterocycles. The maximum atomic E-state index is 11.0. The highest BCUT2D eigenvalue weighted by Crippen LogP contribution is 2.14. The first-order valence-corrected chi connectivity index (χ1v) is 5.85. The van der Waals surface area contributed by atoms with E-state index in [2.05, 4.69) is 14.7 Å². The summed E-state index contributed by atoms with van der Waals surface area (Å²) in [5, 5.41) is 0. The zero-order valence-corrected chi connectivity index (χ0v) is 11.1. The Hall–Kier alpha value is -2.43. The number of carbonyl (C=O) groups is 1. The van der Waals surface area contributed by atoms with Gasteiger partial charge in [0.15, 0.2) is 0 Å². The average Bonchev–Trinajstić information content (AvgIpc) is 2.82. The zero-order valence-electron chi connectivity index (χ0n) is 11.1. The number of carbonyl (C=O) groups excluding carboxylic acids is 1. The van der Waals surface area contributed by atoms with Gasteiger partial charge in [-0.25, -0.2) is 9.78 Å². The van der Waals surface area contributed by atoms with E-state index < -0.39 is 5.97 Å². The van der Waals surface area contributed by atoms with Crippen LogP contribution in [-0.4, -0.2) is 27.6 Å². The molecule has 0 N–H and O–H groups in total. The summed E-state index contributed by atoms with van der Waals surface area (Å²) in [5.74, 6) is -0.395. The van der Waals surface area contributed by atoms with Gasteiger partial charge in [0.2, 0.25) is 0 Å². The lowest BCUT2D eigenvalue weighted by Gasteiger charge is -2.06. The molecule has 5 heteroatoms. The molecule has 19 heavy (non-hydrogen) atoms. The fourth-order valence-electron chi connectivity index (χ4n) is 1.71. The van der Waals surface area contributed by atoms with Gasteiger partial charge < -0.3 is 9.30 Å². The monoisotopic (exact) mass is 257 g/mol.